The summed E-state index contributed by atoms with van der Waals surface area (Å²) in [6.07, 6.45) is 7.27. The Balaban J connectivity index is 1.45. The van der Waals surface area contributed by atoms with Crippen molar-refractivity contribution in [2.45, 2.75) is 70.4 Å². The Kier molecular flexibility index (Phi) is 5.39. The highest BCUT2D eigenvalue weighted by Crippen LogP contribution is 2.43. The normalized spacial score (nSPS) is 30.3. The van der Waals surface area contributed by atoms with Crippen molar-refractivity contribution >= 4 is 28.3 Å². The van der Waals surface area contributed by atoms with E-state index in [0.29, 0.717) is 54.2 Å². The first-order valence-corrected chi connectivity index (χ1v) is 11.2. The molecule has 1 aromatic heterocycles. The Hall–Kier alpha value is -1.63. The number of nitrogens with zero attached hydrogens (tertiary/aromatic N) is 3. The summed E-state index contributed by atoms with van der Waals surface area (Å²) in [4.78, 5) is 34.1. The second kappa shape index (κ2) is 7.78. The van der Waals surface area contributed by atoms with Crippen molar-refractivity contribution in [2.75, 3.05) is 18.8 Å². The van der Waals surface area contributed by atoms with E-state index < -0.39 is 0 Å². The zero-order valence-electron chi connectivity index (χ0n) is 16.1. The van der Waals surface area contributed by atoms with E-state index in [1.807, 2.05) is 5.38 Å². The number of carbonyl (C=O) groups is 2. The van der Waals surface area contributed by atoms with Gasteiger partial charge in [0, 0.05) is 43.4 Å². The Morgan fingerprint density at radius 1 is 1.37 bits per heavy atom. The number of amides is 2. The fourth-order valence-corrected chi connectivity index (χ4v) is 6.07. The van der Waals surface area contributed by atoms with Crippen LogP contribution < -0.4 is 5.73 Å². The molecule has 0 spiro atoms. The van der Waals surface area contributed by atoms with Gasteiger partial charge in [0.05, 0.1) is 5.69 Å². The number of rotatable bonds is 5. The van der Waals surface area contributed by atoms with Crippen LogP contribution in [0.3, 0.4) is 0 Å². The van der Waals surface area contributed by atoms with Crippen LogP contribution in [0.25, 0.3) is 0 Å². The summed E-state index contributed by atoms with van der Waals surface area (Å²) in [6.45, 7) is 3.80. The smallest absolute Gasteiger partial charge is 0.223 e. The van der Waals surface area contributed by atoms with Crippen molar-refractivity contribution in [1.82, 2.24) is 14.8 Å². The van der Waals surface area contributed by atoms with Crippen molar-refractivity contribution in [1.29, 1.82) is 0 Å². The highest BCUT2D eigenvalue weighted by molar-refractivity contribution is 7.13. The molecule has 3 aliphatic heterocycles. The van der Waals surface area contributed by atoms with Crippen molar-refractivity contribution in [2.24, 2.45) is 11.8 Å². The largest absolute Gasteiger partial charge is 0.375 e. The molecule has 0 aromatic carbocycles. The monoisotopic (exact) mass is 390 g/mol. The maximum Gasteiger partial charge on any atom is 0.223 e. The molecule has 1 aromatic rings. The van der Waals surface area contributed by atoms with E-state index in [-0.39, 0.29) is 5.91 Å². The SMILES string of the molecule is CCC[C@H]1[C@H]2C[C@H](CN(C(=O)CCc3csc(N)n3)C2)[C@@H]2CCCC(=O)N21. The van der Waals surface area contributed by atoms with E-state index in [4.69, 9.17) is 5.73 Å². The van der Waals surface area contributed by atoms with Gasteiger partial charge >= 0.3 is 0 Å². The molecule has 4 heterocycles. The van der Waals surface area contributed by atoms with Crippen molar-refractivity contribution < 1.29 is 9.59 Å². The van der Waals surface area contributed by atoms with Gasteiger partial charge < -0.3 is 15.5 Å². The number of carbonyl (C=O) groups excluding carboxylic acids is 2. The number of nitrogen functional groups attached to an aromatic ring is 1. The molecule has 148 valence electrons. The predicted octanol–water partition coefficient (Wildman–Crippen LogP) is 2.69. The van der Waals surface area contributed by atoms with Crippen LogP contribution in [-0.4, -0.2) is 51.8 Å². The van der Waals surface area contributed by atoms with Gasteiger partial charge in [0.25, 0.3) is 0 Å². The molecule has 0 saturated carbocycles. The number of fused-ring (bicyclic) bond motifs is 4. The maximum atomic E-state index is 12.9. The van der Waals surface area contributed by atoms with Gasteiger partial charge in [0.2, 0.25) is 11.8 Å². The molecule has 0 radical (unpaired) electrons. The lowest BCUT2D eigenvalue weighted by Crippen LogP contribution is -2.65. The number of likely N-dealkylation sites (tertiary alicyclic amines) is 1. The zero-order valence-corrected chi connectivity index (χ0v) is 16.9. The summed E-state index contributed by atoms with van der Waals surface area (Å²) in [5.74, 6) is 1.45. The molecule has 27 heavy (non-hydrogen) atoms. The lowest BCUT2D eigenvalue weighted by molar-refractivity contribution is -0.156. The van der Waals surface area contributed by atoms with Gasteiger partial charge in [-0.2, -0.15) is 0 Å². The summed E-state index contributed by atoms with van der Waals surface area (Å²) < 4.78 is 0. The fourth-order valence-electron chi connectivity index (χ4n) is 5.48. The van der Waals surface area contributed by atoms with Crippen molar-refractivity contribution in [3.8, 4) is 0 Å². The van der Waals surface area contributed by atoms with Gasteiger partial charge in [-0.05, 0) is 43.9 Å². The van der Waals surface area contributed by atoms with Gasteiger partial charge in [-0.15, -0.1) is 11.3 Å². The molecule has 3 saturated heterocycles. The minimum Gasteiger partial charge on any atom is -0.375 e. The standard InChI is InChI=1S/C20H30N4O2S/c1-2-4-16-13-9-14(17-5-3-6-19(26)24(16)17)11-23(10-13)18(25)8-7-15-12-27-20(21)22-15/h12-14,16-17H,2-11H2,1H3,(H2,21,22)/t13-,14+,16-,17-/m0/s1. The number of aryl methyl sites for hydroxylation is 1. The van der Waals surface area contributed by atoms with Crippen LogP contribution in [0.2, 0.25) is 0 Å². The third kappa shape index (κ3) is 3.71. The maximum absolute atomic E-state index is 12.9. The molecule has 4 atom stereocenters. The van der Waals surface area contributed by atoms with Gasteiger partial charge in [0.1, 0.15) is 0 Å². The number of nitrogens with two attached hydrogens (primary N) is 1. The number of anilines is 1. The van der Waals surface area contributed by atoms with E-state index in [1.165, 1.54) is 17.8 Å². The van der Waals surface area contributed by atoms with Crippen LogP contribution in [0.5, 0.6) is 0 Å². The van der Waals surface area contributed by atoms with E-state index in [0.717, 1.165) is 44.5 Å². The molecule has 7 heteroatoms. The van der Waals surface area contributed by atoms with Crippen LogP contribution in [0.15, 0.2) is 5.38 Å². The third-order valence-electron chi connectivity index (χ3n) is 6.60. The highest BCUT2D eigenvalue weighted by Gasteiger charge is 2.49. The van der Waals surface area contributed by atoms with Gasteiger partial charge in [0.15, 0.2) is 5.13 Å². The first-order chi connectivity index (χ1) is 13.1. The zero-order chi connectivity index (χ0) is 19.0. The van der Waals surface area contributed by atoms with Gasteiger partial charge in [-0.3, -0.25) is 9.59 Å². The first kappa shape index (κ1) is 18.7. The Labute approximate surface area is 165 Å². The Morgan fingerprint density at radius 2 is 2.19 bits per heavy atom. The van der Waals surface area contributed by atoms with Crippen LogP contribution in [-0.2, 0) is 16.0 Å². The predicted molar refractivity (Wildman–Crippen MR) is 106 cm³/mol. The quantitative estimate of drug-likeness (QED) is 0.838. The van der Waals surface area contributed by atoms with Crippen LogP contribution in [0.1, 0.15) is 57.6 Å². The number of hydrogen-bond acceptors (Lipinski definition) is 5. The molecule has 3 aliphatic rings. The second-order valence-corrected chi connectivity index (χ2v) is 9.24. The molecule has 0 aliphatic carbocycles. The summed E-state index contributed by atoms with van der Waals surface area (Å²) >= 11 is 1.43. The average Bonchev–Trinajstić information content (AvgIpc) is 3.08. The highest BCUT2D eigenvalue weighted by atomic mass is 32.1. The van der Waals surface area contributed by atoms with E-state index in [2.05, 4.69) is 21.7 Å². The number of aromatic nitrogens is 1. The summed E-state index contributed by atoms with van der Waals surface area (Å²) in [6, 6.07) is 0.658. The minimum absolute atomic E-state index is 0.224. The van der Waals surface area contributed by atoms with Crippen LogP contribution >= 0.6 is 11.3 Å². The van der Waals surface area contributed by atoms with Crippen LogP contribution in [0, 0.1) is 11.8 Å². The molecule has 6 nitrogen and oxygen atoms in total. The molecule has 2 bridgehead atoms. The number of piperidine rings is 3. The Morgan fingerprint density at radius 3 is 2.93 bits per heavy atom. The summed E-state index contributed by atoms with van der Waals surface area (Å²) in [5, 5.41) is 2.51. The number of thiazole rings is 1. The summed E-state index contributed by atoms with van der Waals surface area (Å²) in [7, 11) is 0. The molecule has 2 amide bonds. The van der Waals surface area contributed by atoms with E-state index >= 15 is 0 Å². The first-order valence-electron chi connectivity index (χ1n) is 10.4. The van der Waals surface area contributed by atoms with Gasteiger partial charge in [-0.1, -0.05) is 13.3 Å². The third-order valence-corrected chi connectivity index (χ3v) is 7.32. The fraction of sp³-hybridized carbons (Fsp3) is 0.750. The lowest BCUT2D eigenvalue weighted by atomic mass is 9.71. The molecular formula is C20H30N4O2S. The van der Waals surface area contributed by atoms with E-state index in [1.54, 1.807) is 0 Å². The van der Waals surface area contributed by atoms with Gasteiger partial charge in [-0.25, -0.2) is 4.98 Å². The molecule has 4 rings (SSSR count). The topological polar surface area (TPSA) is 79.5 Å². The number of hydrogen-bond donors (Lipinski definition) is 1. The van der Waals surface area contributed by atoms with E-state index in [9.17, 15) is 9.59 Å². The van der Waals surface area contributed by atoms with Crippen LogP contribution in [0.4, 0.5) is 5.13 Å². The average molecular weight is 391 g/mol. The lowest BCUT2D eigenvalue weighted by Gasteiger charge is -2.56. The molecule has 2 N–H and O–H groups in total. The van der Waals surface area contributed by atoms with Crippen molar-refractivity contribution in [3.63, 3.8) is 0 Å². The molecule has 0 unspecified atom stereocenters. The summed E-state index contributed by atoms with van der Waals surface area (Å²) in [5.41, 5.74) is 6.60. The minimum atomic E-state index is 0.224. The second-order valence-electron chi connectivity index (χ2n) is 8.35. The Bertz CT molecular complexity index is 706. The molecular weight excluding hydrogens is 360 g/mol. The van der Waals surface area contributed by atoms with Crippen molar-refractivity contribution in [3.05, 3.63) is 11.1 Å². The molecule has 3 fully saturated rings.